The Morgan fingerprint density at radius 1 is 1.46 bits per heavy atom. The Labute approximate surface area is 76.7 Å². The van der Waals surface area contributed by atoms with Crippen LogP contribution in [0.5, 0.6) is 0 Å². The predicted molar refractivity (Wildman–Crippen MR) is 49.7 cm³/mol. The molecule has 2 rings (SSSR count). The fourth-order valence-electron chi connectivity index (χ4n) is 1.57. The minimum absolute atomic E-state index is 0.0646. The lowest BCUT2D eigenvalue weighted by molar-refractivity contribution is 0.282. The van der Waals surface area contributed by atoms with Gasteiger partial charge >= 0.3 is 0 Å². The number of benzene rings is 1. The number of fused-ring (bicyclic) bond motifs is 1. The molecular formula is C11H9NO. The molecule has 0 aromatic heterocycles. The van der Waals surface area contributed by atoms with E-state index in [1.807, 2.05) is 24.3 Å². The summed E-state index contributed by atoms with van der Waals surface area (Å²) in [5.41, 5.74) is 3.95. The molecule has 0 saturated carbocycles. The maximum absolute atomic E-state index is 8.91. The van der Waals surface area contributed by atoms with E-state index in [9.17, 15) is 0 Å². The van der Waals surface area contributed by atoms with Gasteiger partial charge in [0.1, 0.15) is 0 Å². The number of aliphatic hydroxyl groups excluding tert-OH is 1. The first-order valence-corrected chi connectivity index (χ1v) is 4.17. The van der Waals surface area contributed by atoms with Crippen LogP contribution in [-0.4, -0.2) is 5.11 Å². The Bertz CT molecular complexity index is 413. The molecule has 0 heterocycles. The highest BCUT2D eigenvalue weighted by Gasteiger charge is 2.11. The van der Waals surface area contributed by atoms with Gasteiger partial charge in [0.2, 0.25) is 0 Å². The van der Waals surface area contributed by atoms with Crippen molar-refractivity contribution in [2.45, 2.75) is 13.0 Å². The molecule has 1 aliphatic rings. The van der Waals surface area contributed by atoms with E-state index in [1.165, 1.54) is 0 Å². The van der Waals surface area contributed by atoms with Crippen LogP contribution in [0.2, 0.25) is 0 Å². The Balaban J connectivity index is 2.40. The molecule has 2 nitrogen and oxygen atoms in total. The van der Waals surface area contributed by atoms with Crippen molar-refractivity contribution in [3.8, 4) is 6.07 Å². The summed E-state index contributed by atoms with van der Waals surface area (Å²) < 4.78 is 0. The largest absolute Gasteiger partial charge is 0.392 e. The molecule has 0 radical (unpaired) electrons. The first-order chi connectivity index (χ1) is 6.33. The third-order valence-corrected chi connectivity index (χ3v) is 2.24. The highest BCUT2D eigenvalue weighted by molar-refractivity contribution is 5.67. The summed E-state index contributed by atoms with van der Waals surface area (Å²) in [6.07, 6.45) is 2.61. The zero-order chi connectivity index (χ0) is 9.26. The summed E-state index contributed by atoms with van der Waals surface area (Å²) in [6, 6.07) is 7.94. The van der Waals surface area contributed by atoms with Crippen LogP contribution in [0, 0.1) is 11.3 Å². The summed E-state index contributed by atoms with van der Waals surface area (Å²) >= 11 is 0. The molecule has 1 N–H and O–H groups in total. The summed E-state index contributed by atoms with van der Waals surface area (Å²) in [6.45, 7) is 0.0646. The zero-order valence-corrected chi connectivity index (χ0v) is 7.12. The average Bonchev–Trinajstić information content (AvgIpc) is 2.58. The summed E-state index contributed by atoms with van der Waals surface area (Å²) in [7, 11) is 0. The lowest BCUT2D eigenvalue weighted by Crippen LogP contribution is -1.88. The molecule has 0 bridgehead atoms. The first-order valence-electron chi connectivity index (χ1n) is 4.17. The molecule has 0 atom stereocenters. The maximum atomic E-state index is 8.91. The zero-order valence-electron chi connectivity index (χ0n) is 7.12. The van der Waals surface area contributed by atoms with Crippen LogP contribution in [0.1, 0.15) is 16.7 Å². The third kappa shape index (κ3) is 1.34. The van der Waals surface area contributed by atoms with Crippen molar-refractivity contribution in [2.24, 2.45) is 0 Å². The Morgan fingerprint density at radius 2 is 2.31 bits per heavy atom. The molecular weight excluding hydrogens is 162 g/mol. The minimum Gasteiger partial charge on any atom is -0.392 e. The van der Waals surface area contributed by atoms with Crippen molar-refractivity contribution in [2.75, 3.05) is 0 Å². The second kappa shape index (κ2) is 3.04. The normalized spacial score (nSPS) is 13.4. The monoisotopic (exact) mass is 171 g/mol. The van der Waals surface area contributed by atoms with E-state index in [1.54, 1.807) is 0 Å². The highest BCUT2D eigenvalue weighted by Crippen LogP contribution is 2.25. The second-order valence-electron chi connectivity index (χ2n) is 3.15. The number of nitrogens with zero attached hydrogens (tertiary/aromatic N) is 1. The maximum Gasteiger partial charge on any atom is 0.0950 e. The van der Waals surface area contributed by atoms with Crippen LogP contribution in [0.15, 0.2) is 23.8 Å². The molecule has 13 heavy (non-hydrogen) atoms. The second-order valence-corrected chi connectivity index (χ2v) is 3.15. The number of nitriles is 1. The van der Waals surface area contributed by atoms with Crippen molar-refractivity contribution in [1.82, 2.24) is 0 Å². The van der Waals surface area contributed by atoms with Crippen molar-refractivity contribution in [3.05, 3.63) is 40.5 Å². The van der Waals surface area contributed by atoms with Gasteiger partial charge in [-0.1, -0.05) is 18.2 Å². The van der Waals surface area contributed by atoms with E-state index >= 15 is 0 Å². The van der Waals surface area contributed by atoms with E-state index in [2.05, 4.69) is 6.07 Å². The first kappa shape index (κ1) is 8.03. The minimum atomic E-state index is 0.0646. The van der Waals surface area contributed by atoms with Gasteiger partial charge in [-0.25, -0.2) is 0 Å². The summed E-state index contributed by atoms with van der Waals surface area (Å²) in [5, 5.41) is 17.6. The quantitative estimate of drug-likeness (QED) is 0.698. The Hall–Kier alpha value is -1.59. The molecule has 64 valence electrons. The third-order valence-electron chi connectivity index (χ3n) is 2.24. The Morgan fingerprint density at radius 3 is 3.00 bits per heavy atom. The van der Waals surface area contributed by atoms with Crippen LogP contribution >= 0.6 is 0 Å². The van der Waals surface area contributed by atoms with Crippen molar-refractivity contribution in [3.63, 3.8) is 0 Å². The van der Waals surface area contributed by atoms with E-state index in [-0.39, 0.29) is 6.61 Å². The van der Waals surface area contributed by atoms with Gasteiger partial charge in [0.15, 0.2) is 0 Å². The molecule has 0 unspecified atom stereocenters. The average molecular weight is 171 g/mol. The van der Waals surface area contributed by atoms with Crippen LogP contribution in [0.25, 0.3) is 6.08 Å². The molecule has 0 fully saturated rings. The van der Waals surface area contributed by atoms with Gasteiger partial charge in [0, 0.05) is 12.0 Å². The van der Waals surface area contributed by atoms with E-state index < -0.39 is 0 Å². The van der Waals surface area contributed by atoms with Crippen molar-refractivity contribution in [1.29, 1.82) is 5.26 Å². The van der Waals surface area contributed by atoms with Crippen LogP contribution in [-0.2, 0) is 13.0 Å². The number of rotatable bonds is 1. The molecule has 0 aliphatic heterocycles. The molecule has 1 aromatic carbocycles. The fraction of sp³-hybridized carbons (Fsp3) is 0.182. The van der Waals surface area contributed by atoms with E-state index in [0.29, 0.717) is 6.42 Å². The lowest BCUT2D eigenvalue weighted by Gasteiger charge is -2.00. The van der Waals surface area contributed by atoms with Gasteiger partial charge < -0.3 is 5.11 Å². The standard InChI is InChI=1S/C11H9NO/c12-6-9-4-10-2-1-8(7-13)3-11(10)5-9/h1-4,13H,5,7H2. The molecule has 1 aliphatic carbocycles. The van der Waals surface area contributed by atoms with Gasteiger partial charge in [-0.05, 0) is 22.8 Å². The van der Waals surface area contributed by atoms with Crippen molar-refractivity contribution >= 4 is 6.08 Å². The van der Waals surface area contributed by atoms with E-state index in [0.717, 1.165) is 22.3 Å². The summed E-state index contributed by atoms with van der Waals surface area (Å²) in [5.74, 6) is 0. The van der Waals surface area contributed by atoms with Crippen molar-refractivity contribution < 1.29 is 5.11 Å². The van der Waals surface area contributed by atoms with Gasteiger partial charge in [-0.2, -0.15) is 5.26 Å². The van der Waals surface area contributed by atoms with Gasteiger partial charge in [-0.15, -0.1) is 0 Å². The molecule has 0 saturated heterocycles. The molecule has 1 aromatic rings. The molecule has 2 heteroatoms. The topological polar surface area (TPSA) is 44.0 Å². The van der Waals surface area contributed by atoms with Gasteiger partial charge in [-0.3, -0.25) is 0 Å². The van der Waals surface area contributed by atoms with E-state index in [4.69, 9.17) is 10.4 Å². The molecule has 0 spiro atoms. The predicted octanol–water partition coefficient (Wildman–Crippen LogP) is 1.64. The fourth-order valence-corrected chi connectivity index (χ4v) is 1.57. The van der Waals surface area contributed by atoms with Crippen LogP contribution in [0.3, 0.4) is 0 Å². The van der Waals surface area contributed by atoms with Crippen LogP contribution in [0.4, 0.5) is 0 Å². The van der Waals surface area contributed by atoms with Gasteiger partial charge in [0.25, 0.3) is 0 Å². The number of allylic oxidation sites excluding steroid dienone is 1. The molecule has 0 amide bonds. The van der Waals surface area contributed by atoms with Gasteiger partial charge in [0.05, 0.1) is 12.7 Å². The number of aliphatic hydroxyl groups is 1. The number of hydrogen-bond donors (Lipinski definition) is 1. The highest BCUT2D eigenvalue weighted by atomic mass is 16.3. The lowest BCUT2D eigenvalue weighted by atomic mass is 10.1. The Kier molecular flexibility index (Phi) is 1.88. The van der Waals surface area contributed by atoms with Crippen LogP contribution < -0.4 is 0 Å². The SMILES string of the molecule is N#CC1=Cc2ccc(CO)cc2C1. The smallest absolute Gasteiger partial charge is 0.0950 e. The number of hydrogen-bond acceptors (Lipinski definition) is 2. The summed E-state index contributed by atoms with van der Waals surface area (Å²) in [4.78, 5) is 0.